The fraction of sp³-hybridized carbons (Fsp3) is 1.00. The highest BCUT2D eigenvalue weighted by Crippen LogP contribution is 2.05. The van der Waals surface area contributed by atoms with Gasteiger partial charge in [-0.15, -0.1) is 0 Å². The Bertz CT molecular complexity index is 157. The third-order valence-corrected chi connectivity index (χ3v) is 1.88. The largest absolute Gasteiger partial charge is 0.394 e. The Balaban J connectivity index is -0.000000506. The molecule has 0 saturated heterocycles. The van der Waals surface area contributed by atoms with Crippen molar-refractivity contribution in [3.05, 3.63) is 0 Å². The van der Waals surface area contributed by atoms with Crippen molar-refractivity contribution in [2.45, 2.75) is 52.1 Å². The van der Waals surface area contributed by atoms with Crippen LogP contribution < -0.4 is 0 Å². The van der Waals surface area contributed by atoms with Gasteiger partial charge in [0.2, 0.25) is 0 Å². The van der Waals surface area contributed by atoms with Crippen LogP contribution >= 0.6 is 0 Å². The second-order valence-corrected chi connectivity index (χ2v) is 3.56. The Morgan fingerprint density at radius 1 is 0.778 bits per heavy atom. The van der Waals surface area contributed by atoms with Crippen molar-refractivity contribution < 1.29 is 25.5 Å². The molecular weight excluding hydrogens is 238 g/mol. The number of aliphatic hydroxyl groups excluding tert-OH is 5. The number of aliphatic hydroxyl groups is 5. The van der Waals surface area contributed by atoms with E-state index < -0.39 is 31.0 Å². The van der Waals surface area contributed by atoms with Crippen LogP contribution in [0.2, 0.25) is 0 Å². The van der Waals surface area contributed by atoms with Gasteiger partial charge in [-0.3, -0.25) is 0 Å². The first-order valence-electron chi connectivity index (χ1n) is 6.38. The molecule has 0 heterocycles. The summed E-state index contributed by atoms with van der Waals surface area (Å²) in [6.07, 6.45) is -5.63. The molecule has 114 valence electrons. The number of likely N-dealkylation sites (N-methyl/N-ethyl adjacent to an activating group) is 1. The third-order valence-electron chi connectivity index (χ3n) is 1.88. The van der Waals surface area contributed by atoms with E-state index in [0.29, 0.717) is 0 Å². The van der Waals surface area contributed by atoms with Crippen molar-refractivity contribution in [2.75, 3.05) is 27.2 Å². The van der Waals surface area contributed by atoms with Crippen LogP contribution in [0.25, 0.3) is 0 Å². The molecule has 0 saturated carbocycles. The lowest BCUT2D eigenvalue weighted by Crippen LogP contribution is -2.48. The molecule has 18 heavy (non-hydrogen) atoms. The first kappa shape index (κ1) is 22.9. The van der Waals surface area contributed by atoms with Crippen molar-refractivity contribution in [2.24, 2.45) is 0 Å². The van der Waals surface area contributed by atoms with Crippen molar-refractivity contribution in [1.82, 2.24) is 4.90 Å². The fourth-order valence-electron chi connectivity index (χ4n) is 1.05. The molecule has 5 N–H and O–H groups in total. The molecule has 0 aromatic rings. The molecular formula is C12H31NO5. The van der Waals surface area contributed by atoms with E-state index in [1.54, 1.807) is 19.0 Å². The summed E-state index contributed by atoms with van der Waals surface area (Å²) in [5, 5.41) is 45.4. The van der Waals surface area contributed by atoms with E-state index in [1.807, 2.05) is 27.7 Å². The van der Waals surface area contributed by atoms with Crippen molar-refractivity contribution >= 4 is 0 Å². The number of rotatable bonds is 6. The second-order valence-electron chi connectivity index (χ2n) is 3.56. The van der Waals surface area contributed by atoms with Crippen LogP contribution in [0.4, 0.5) is 0 Å². The van der Waals surface area contributed by atoms with Crippen LogP contribution in [0.5, 0.6) is 0 Å². The number of nitrogens with zero attached hydrogens (tertiary/aromatic N) is 1. The SMILES string of the molecule is CC.CC.CN(C)CC(O)C(O)C(O)C(O)CO. The predicted octanol–water partition coefficient (Wildman–Crippen LogP) is -0.964. The minimum absolute atomic E-state index is 0.163. The van der Waals surface area contributed by atoms with Crippen LogP contribution in [-0.2, 0) is 0 Å². The quantitative estimate of drug-likeness (QED) is 0.425. The van der Waals surface area contributed by atoms with Gasteiger partial charge in [-0.25, -0.2) is 0 Å². The lowest BCUT2D eigenvalue weighted by Gasteiger charge is -2.27. The Morgan fingerprint density at radius 2 is 1.11 bits per heavy atom. The molecule has 0 aliphatic rings. The third kappa shape index (κ3) is 10.9. The van der Waals surface area contributed by atoms with Gasteiger partial charge in [-0.2, -0.15) is 0 Å². The van der Waals surface area contributed by atoms with Crippen LogP contribution in [0.15, 0.2) is 0 Å². The zero-order valence-electron chi connectivity index (χ0n) is 12.4. The van der Waals surface area contributed by atoms with E-state index >= 15 is 0 Å². The van der Waals surface area contributed by atoms with Crippen molar-refractivity contribution in [3.63, 3.8) is 0 Å². The maximum atomic E-state index is 9.36. The maximum Gasteiger partial charge on any atom is 0.111 e. The van der Waals surface area contributed by atoms with Crippen LogP contribution in [0.3, 0.4) is 0 Å². The molecule has 6 heteroatoms. The number of hydrogen-bond acceptors (Lipinski definition) is 6. The van der Waals surface area contributed by atoms with Gasteiger partial charge in [0.05, 0.1) is 12.7 Å². The molecule has 0 spiro atoms. The molecule has 4 unspecified atom stereocenters. The normalized spacial score (nSPS) is 16.7. The predicted molar refractivity (Wildman–Crippen MR) is 72.4 cm³/mol. The van der Waals surface area contributed by atoms with Gasteiger partial charge in [-0.1, -0.05) is 27.7 Å². The molecule has 4 atom stereocenters. The Hall–Kier alpha value is -0.240. The Labute approximate surface area is 110 Å². The van der Waals surface area contributed by atoms with Gasteiger partial charge in [0.15, 0.2) is 0 Å². The van der Waals surface area contributed by atoms with Gasteiger partial charge < -0.3 is 30.4 Å². The average Bonchev–Trinajstić information content (AvgIpc) is 2.39. The van der Waals surface area contributed by atoms with Gasteiger partial charge in [0.25, 0.3) is 0 Å². The monoisotopic (exact) mass is 269 g/mol. The van der Waals surface area contributed by atoms with E-state index in [-0.39, 0.29) is 6.54 Å². The van der Waals surface area contributed by atoms with E-state index in [9.17, 15) is 15.3 Å². The molecule has 0 amide bonds. The van der Waals surface area contributed by atoms with Gasteiger partial charge in [0.1, 0.15) is 18.3 Å². The Morgan fingerprint density at radius 3 is 1.39 bits per heavy atom. The van der Waals surface area contributed by atoms with Crippen molar-refractivity contribution in [1.29, 1.82) is 0 Å². The summed E-state index contributed by atoms with van der Waals surface area (Å²) in [5.74, 6) is 0. The average molecular weight is 269 g/mol. The second kappa shape index (κ2) is 14.8. The van der Waals surface area contributed by atoms with Gasteiger partial charge >= 0.3 is 0 Å². The lowest BCUT2D eigenvalue weighted by molar-refractivity contribution is -0.117. The molecule has 0 aliphatic carbocycles. The molecule has 0 bridgehead atoms. The zero-order valence-corrected chi connectivity index (χ0v) is 12.4. The van der Waals surface area contributed by atoms with E-state index in [2.05, 4.69) is 0 Å². The summed E-state index contributed by atoms with van der Waals surface area (Å²) in [6.45, 7) is 7.50. The van der Waals surface area contributed by atoms with Gasteiger partial charge in [0, 0.05) is 6.54 Å². The highest BCUT2D eigenvalue weighted by Gasteiger charge is 2.29. The molecule has 0 aliphatic heterocycles. The maximum absolute atomic E-state index is 9.36. The summed E-state index contributed by atoms with van der Waals surface area (Å²) in [4.78, 5) is 1.63. The van der Waals surface area contributed by atoms with Crippen LogP contribution in [-0.4, -0.2) is 82.1 Å². The van der Waals surface area contributed by atoms with E-state index in [0.717, 1.165) is 0 Å². The van der Waals surface area contributed by atoms with E-state index in [1.165, 1.54) is 0 Å². The summed E-state index contributed by atoms with van der Waals surface area (Å²) in [6, 6.07) is 0. The summed E-state index contributed by atoms with van der Waals surface area (Å²) in [5.41, 5.74) is 0. The highest BCUT2D eigenvalue weighted by atomic mass is 16.4. The summed E-state index contributed by atoms with van der Waals surface area (Å²) < 4.78 is 0. The standard InChI is InChI=1S/C8H19NO5.2C2H6/c1-9(2)3-5(11)7(13)8(14)6(12)4-10;2*1-2/h5-8,10-14H,3-4H2,1-2H3;2*1-2H3. The van der Waals surface area contributed by atoms with Crippen molar-refractivity contribution in [3.8, 4) is 0 Å². The zero-order chi connectivity index (χ0) is 15.3. The van der Waals surface area contributed by atoms with E-state index in [4.69, 9.17) is 10.2 Å². The fourth-order valence-corrected chi connectivity index (χ4v) is 1.05. The smallest absolute Gasteiger partial charge is 0.111 e. The number of hydrogen-bond donors (Lipinski definition) is 5. The molecule has 0 aromatic heterocycles. The first-order valence-corrected chi connectivity index (χ1v) is 6.38. The first-order chi connectivity index (χ1) is 8.40. The molecule has 0 rings (SSSR count). The summed E-state index contributed by atoms with van der Waals surface area (Å²) in [7, 11) is 3.40. The van der Waals surface area contributed by atoms with Gasteiger partial charge in [-0.05, 0) is 14.1 Å². The topological polar surface area (TPSA) is 104 Å². The summed E-state index contributed by atoms with van der Waals surface area (Å²) >= 11 is 0. The minimum atomic E-state index is -1.55. The molecule has 6 nitrogen and oxygen atoms in total. The van der Waals surface area contributed by atoms with Crippen LogP contribution in [0.1, 0.15) is 27.7 Å². The minimum Gasteiger partial charge on any atom is -0.394 e. The molecule has 0 radical (unpaired) electrons. The Kier molecular flexibility index (Phi) is 18.9. The lowest BCUT2D eigenvalue weighted by atomic mass is 10.0. The molecule has 0 fully saturated rings. The van der Waals surface area contributed by atoms with Crippen LogP contribution in [0, 0.1) is 0 Å². The highest BCUT2D eigenvalue weighted by molar-refractivity contribution is 4.81. The molecule has 0 aromatic carbocycles.